The van der Waals surface area contributed by atoms with Gasteiger partial charge in [0.15, 0.2) is 0 Å². The number of thiazole rings is 1. The normalized spacial score (nSPS) is 11.2. The first kappa shape index (κ1) is 21.4. The minimum atomic E-state index is -0.327. The Balaban J connectivity index is 1.81. The highest BCUT2D eigenvalue weighted by atomic mass is 32.1. The summed E-state index contributed by atoms with van der Waals surface area (Å²) in [5, 5.41) is 1.02. The number of allylic oxidation sites excluding steroid dienone is 1. The van der Waals surface area contributed by atoms with Gasteiger partial charge in [0.25, 0.3) is 0 Å². The number of esters is 1. The van der Waals surface area contributed by atoms with Gasteiger partial charge in [0, 0.05) is 22.7 Å². The van der Waals surface area contributed by atoms with Crippen LogP contribution < -0.4 is 4.74 Å². The third-order valence-electron chi connectivity index (χ3n) is 4.36. The molecule has 0 atom stereocenters. The van der Waals surface area contributed by atoms with E-state index in [4.69, 9.17) is 4.74 Å². The predicted molar refractivity (Wildman–Crippen MR) is 114 cm³/mol. The standard InChI is InChI=1S/C23H31NO2S/c1-3-5-7-8-9-11-12-21-18-24-23(27-21)19-14-16-20(17-15-19)26-22(25)13-10-6-4-2/h10,13-18H,3-9,11-12H2,1-2H3/b13-10+. The van der Waals surface area contributed by atoms with Gasteiger partial charge in [-0.3, -0.25) is 0 Å². The molecule has 0 saturated heterocycles. The van der Waals surface area contributed by atoms with Crippen LogP contribution in [0.15, 0.2) is 42.6 Å². The number of nitrogens with zero attached hydrogens (tertiary/aromatic N) is 1. The maximum Gasteiger partial charge on any atom is 0.335 e. The van der Waals surface area contributed by atoms with Crippen molar-refractivity contribution in [2.45, 2.75) is 71.6 Å². The minimum Gasteiger partial charge on any atom is -0.423 e. The fraction of sp³-hybridized carbons (Fsp3) is 0.478. The molecule has 0 aliphatic rings. The van der Waals surface area contributed by atoms with Gasteiger partial charge in [-0.25, -0.2) is 9.78 Å². The number of carbonyl (C=O) groups excluding carboxylic acids is 1. The summed E-state index contributed by atoms with van der Waals surface area (Å²) in [4.78, 5) is 17.6. The molecule has 27 heavy (non-hydrogen) atoms. The van der Waals surface area contributed by atoms with Crippen molar-refractivity contribution in [1.29, 1.82) is 0 Å². The van der Waals surface area contributed by atoms with Crippen LogP contribution in [0.2, 0.25) is 0 Å². The lowest BCUT2D eigenvalue weighted by Crippen LogP contribution is -2.03. The van der Waals surface area contributed by atoms with Gasteiger partial charge in [0.05, 0.1) is 0 Å². The molecule has 1 aromatic carbocycles. The summed E-state index contributed by atoms with van der Waals surface area (Å²) in [5.74, 6) is 0.237. The highest BCUT2D eigenvalue weighted by Crippen LogP contribution is 2.28. The van der Waals surface area contributed by atoms with Gasteiger partial charge >= 0.3 is 5.97 Å². The van der Waals surface area contributed by atoms with Gasteiger partial charge in [-0.05, 0) is 43.5 Å². The average Bonchev–Trinajstić information content (AvgIpc) is 3.14. The summed E-state index contributed by atoms with van der Waals surface area (Å²) in [5.41, 5.74) is 1.07. The zero-order chi connectivity index (χ0) is 19.3. The van der Waals surface area contributed by atoms with E-state index in [-0.39, 0.29) is 5.97 Å². The number of hydrogen-bond acceptors (Lipinski definition) is 4. The molecule has 0 fully saturated rings. The topological polar surface area (TPSA) is 39.2 Å². The number of carbonyl (C=O) groups is 1. The highest BCUT2D eigenvalue weighted by Gasteiger charge is 2.06. The van der Waals surface area contributed by atoms with Crippen molar-refractivity contribution in [3.05, 3.63) is 47.5 Å². The molecule has 0 N–H and O–H groups in total. The van der Waals surface area contributed by atoms with E-state index in [2.05, 4.69) is 18.8 Å². The Morgan fingerprint density at radius 2 is 1.78 bits per heavy atom. The minimum absolute atomic E-state index is 0.327. The maximum absolute atomic E-state index is 11.7. The molecular weight excluding hydrogens is 354 g/mol. The van der Waals surface area contributed by atoms with Crippen molar-refractivity contribution in [3.63, 3.8) is 0 Å². The summed E-state index contributed by atoms with van der Waals surface area (Å²) < 4.78 is 5.31. The quantitative estimate of drug-likeness (QED) is 0.171. The van der Waals surface area contributed by atoms with Gasteiger partial charge in [-0.15, -0.1) is 11.3 Å². The molecule has 0 aliphatic carbocycles. The number of ether oxygens (including phenoxy) is 1. The van der Waals surface area contributed by atoms with Crippen LogP contribution in [0.25, 0.3) is 10.6 Å². The SMILES string of the molecule is CCC/C=C/C(=O)Oc1ccc(-c2ncc(CCCCCCCC)s2)cc1. The number of benzene rings is 1. The Morgan fingerprint density at radius 1 is 1.04 bits per heavy atom. The molecule has 0 radical (unpaired) electrons. The molecule has 1 heterocycles. The molecule has 0 spiro atoms. The van der Waals surface area contributed by atoms with Crippen LogP contribution in [0.4, 0.5) is 0 Å². The van der Waals surface area contributed by atoms with E-state index in [0.29, 0.717) is 5.75 Å². The van der Waals surface area contributed by atoms with Crippen molar-refractivity contribution in [2.24, 2.45) is 0 Å². The monoisotopic (exact) mass is 385 g/mol. The molecule has 2 aromatic rings. The molecule has 0 bridgehead atoms. The molecule has 0 saturated carbocycles. The van der Waals surface area contributed by atoms with Gasteiger partial charge < -0.3 is 4.74 Å². The van der Waals surface area contributed by atoms with Crippen molar-refractivity contribution in [2.75, 3.05) is 0 Å². The van der Waals surface area contributed by atoms with E-state index in [1.54, 1.807) is 11.3 Å². The Morgan fingerprint density at radius 3 is 2.52 bits per heavy atom. The average molecular weight is 386 g/mol. The first-order valence-electron chi connectivity index (χ1n) is 10.2. The van der Waals surface area contributed by atoms with E-state index in [1.165, 1.54) is 49.5 Å². The predicted octanol–water partition coefficient (Wildman–Crippen LogP) is 6.97. The third-order valence-corrected chi connectivity index (χ3v) is 5.47. The van der Waals surface area contributed by atoms with Crippen molar-refractivity contribution in [3.8, 4) is 16.3 Å². The van der Waals surface area contributed by atoms with E-state index in [9.17, 15) is 4.79 Å². The summed E-state index contributed by atoms with van der Waals surface area (Å²) in [6.45, 7) is 4.33. The van der Waals surface area contributed by atoms with Crippen LogP contribution in [0.1, 0.15) is 70.1 Å². The van der Waals surface area contributed by atoms with Gasteiger partial charge in [-0.2, -0.15) is 0 Å². The molecule has 146 valence electrons. The van der Waals surface area contributed by atoms with Crippen LogP contribution in [-0.2, 0) is 11.2 Å². The van der Waals surface area contributed by atoms with Gasteiger partial charge in [0.1, 0.15) is 10.8 Å². The second kappa shape index (κ2) is 12.4. The summed E-state index contributed by atoms with van der Waals surface area (Å²) in [6.07, 6.45) is 16.3. The van der Waals surface area contributed by atoms with E-state index in [0.717, 1.165) is 29.8 Å². The Bertz CT molecular complexity index is 703. The fourth-order valence-electron chi connectivity index (χ4n) is 2.80. The second-order valence-corrected chi connectivity index (χ2v) is 7.90. The summed E-state index contributed by atoms with van der Waals surface area (Å²) in [6, 6.07) is 7.59. The zero-order valence-corrected chi connectivity index (χ0v) is 17.4. The molecule has 4 heteroatoms. The Hall–Kier alpha value is -1.94. The number of rotatable bonds is 12. The van der Waals surface area contributed by atoms with Gasteiger partial charge in [-0.1, -0.05) is 58.4 Å². The lowest BCUT2D eigenvalue weighted by molar-refractivity contribution is -0.129. The molecule has 0 unspecified atom stereocenters. The lowest BCUT2D eigenvalue weighted by atomic mass is 10.1. The molecule has 0 aliphatic heterocycles. The van der Waals surface area contributed by atoms with Crippen molar-refractivity contribution < 1.29 is 9.53 Å². The Kier molecular flexibility index (Phi) is 9.85. The first-order chi connectivity index (χ1) is 13.2. The number of hydrogen-bond donors (Lipinski definition) is 0. The van der Waals surface area contributed by atoms with Crippen LogP contribution in [0, 0.1) is 0 Å². The zero-order valence-electron chi connectivity index (χ0n) is 16.6. The van der Waals surface area contributed by atoms with E-state index in [1.807, 2.05) is 36.5 Å². The molecule has 1 aromatic heterocycles. The third kappa shape index (κ3) is 8.08. The van der Waals surface area contributed by atoms with E-state index < -0.39 is 0 Å². The molecule has 2 rings (SSSR count). The van der Waals surface area contributed by atoms with Crippen molar-refractivity contribution in [1.82, 2.24) is 4.98 Å². The van der Waals surface area contributed by atoms with Crippen LogP contribution in [0.5, 0.6) is 5.75 Å². The van der Waals surface area contributed by atoms with Crippen molar-refractivity contribution >= 4 is 17.3 Å². The highest BCUT2D eigenvalue weighted by molar-refractivity contribution is 7.15. The van der Waals surface area contributed by atoms with Crippen LogP contribution in [-0.4, -0.2) is 11.0 Å². The lowest BCUT2D eigenvalue weighted by Gasteiger charge is -2.02. The van der Waals surface area contributed by atoms with Crippen LogP contribution in [0.3, 0.4) is 0 Å². The maximum atomic E-state index is 11.7. The largest absolute Gasteiger partial charge is 0.423 e. The number of aromatic nitrogens is 1. The van der Waals surface area contributed by atoms with E-state index >= 15 is 0 Å². The molecular formula is C23H31NO2S. The first-order valence-corrected chi connectivity index (χ1v) is 11.0. The molecule has 3 nitrogen and oxygen atoms in total. The fourth-order valence-corrected chi connectivity index (χ4v) is 3.76. The number of unbranched alkanes of at least 4 members (excludes halogenated alkanes) is 6. The summed E-state index contributed by atoms with van der Waals surface area (Å²) in [7, 11) is 0. The van der Waals surface area contributed by atoms with Crippen LogP contribution >= 0.6 is 11.3 Å². The van der Waals surface area contributed by atoms with Gasteiger partial charge in [0.2, 0.25) is 0 Å². The number of aryl methyl sites for hydroxylation is 1. The summed E-state index contributed by atoms with van der Waals surface area (Å²) >= 11 is 1.76. The molecule has 0 amide bonds. The second-order valence-electron chi connectivity index (χ2n) is 6.79. The smallest absolute Gasteiger partial charge is 0.335 e. The Labute approximate surface area is 167 Å².